The van der Waals surface area contributed by atoms with E-state index in [0.717, 1.165) is 36.8 Å². The molecule has 1 saturated heterocycles. The SMILES string of the molecule is Cc1csc(C(=O)N2CCC(CBr)CC2)c1Cl. The number of hydrogen-bond donors (Lipinski definition) is 0. The molecule has 17 heavy (non-hydrogen) atoms. The van der Waals surface area contributed by atoms with Crippen LogP contribution in [0.2, 0.25) is 5.02 Å². The molecule has 0 radical (unpaired) electrons. The van der Waals surface area contributed by atoms with Crippen LogP contribution in [0, 0.1) is 12.8 Å². The van der Waals surface area contributed by atoms with Gasteiger partial charge in [-0.05, 0) is 36.6 Å². The van der Waals surface area contributed by atoms with Crippen LogP contribution in [0.3, 0.4) is 0 Å². The standard InChI is InChI=1S/C12H15BrClNOS/c1-8-7-17-11(10(8)14)12(16)15-4-2-9(6-13)3-5-15/h7,9H,2-6H2,1H3. The molecule has 0 atom stereocenters. The highest BCUT2D eigenvalue weighted by atomic mass is 79.9. The molecule has 1 aliphatic heterocycles. The quantitative estimate of drug-likeness (QED) is 0.749. The monoisotopic (exact) mass is 335 g/mol. The molecule has 1 aromatic rings. The fourth-order valence-corrected chi connectivity index (χ4v) is 3.90. The number of carbonyl (C=O) groups is 1. The Morgan fingerprint density at radius 3 is 2.71 bits per heavy atom. The Bertz CT molecular complexity index is 413. The molecule has 0 bridgehead atoms. The number of likely N-dealkylation sites (tertiary alicyclic amines) is 1. The predicted octanol–water partition coefficient (Wildman–Crippen LogP) is 3.96. The molecule has 1 aliphatic rings. The van der Waals surface area contributed by atoms with Gasteiger partial charge in [0.1, 0.15) is 4.88 Å². The largest absolute Gasteiger partial charge is 0.338 e. The number of aryl methyl sites for hydroxylation is 1. The fourth-order valence-electron chi connectivity index (χ4n) is 2.01. The van der Waals surface area contributed by atoms with Crippen LogP contribution in [-0.2, 0) is 0 Å². The number of rotatable bonds is 2. The maximum Gasteiger partial charge on any atom is 0.265 e. The number of thiophene rings is 1. The van der Waals surface area contributed by atoms with Crippen LogP contribution in [0.15, 0.2) is 5.38 Å². The van der Waals surface area contributed by atoms with Gasteiger partial charge in [0.15, 0.2) is 0 Å². The Hall–Kier alpha value is -0.0600. The topological polar surface area (TPSA) is 20.3 Å². The van der Waals surface area contributed by atoms with Gasteiger partial charge in [-0.2, -0.15) is 0 Å². The normalized spacial score (nSPS) is 17.5. The van der Waals surface area contributed by atoms with Crippen molar-refractivity contribution in [3.05, 3.63) is 20.8 Å². The highest BCUT2D eigenvalue weighted by Crippen LogP contribution is 2.29. The number of hydrogen-bond acceptors (Lipinski definition) is 2. The van der Waals surface area contributed by atoms with Crippen LogP contribution >= 0.6 is 38.9 Å². The second-order valence-corrected chi connectivity index (χ2v) is 6.36. The van der Waals surface area contributed by atoms with Crippen molar-refractivity contribution in [3.8, 4) is 0 Å². The summed E-state index contributed by atoms with van der Waals surface area (Å²) in [4.78, 5) is 14.9. The van der Waals surface area contributed by atoms with Crippen molar-refractivity contribution < 1.29 is 4.79 Å². The van der Waals surface area contributed by atoms with Gasteiger partial charge in [0.2, 0.25) is 0 Å². The molecule has 5 heteroatoms. The second kappa shape index (κ2) is 5.72. The van der Waals surface area contributed by atoms with Crippen LogP contribution in [0.25, 0.3) is 0 Å². The van der Waals surface area contributed by atoms with E-state index >= 15 is 0 Å². The van der Waals surface area contributed by atoms with Crippen molar-refractivity contribution in [2.75, 3.05) is 18.4 Å². The molecule has 1 fully saturated rings. The van der Waals surface area contributed by atoms with E-state index < -0.39 is 0 Å². The van der Waals surface area contributed by atoms with Gasteiger partial charge in [-0.25, -0.2) is 0 Å². The molecule has 0 aromatic carbocycles. The summed E-state index contributed by atoms with van der Waals surface area (Å²) in [6.07, 6.45) is 2.16. The number of piperidine rings is 1. The molecule has 1 amide bonds. The number of carbonyl (C=O) groups excluding carboxylic acids is 1. The Balaban J connectivity index is 2.04. The van der Waals surface area contributed by atoms with Gasteiger partial charge >= 0.3 is 0 Å². The van der Waals surface area contributed by atoms with E-state index in [1.807, 2.05) is 17.2 Å². The predicted molar refractivity (Wildman–Crippen MR) is 76.5 cm³/mol. The lowest BCUT2D eigenvalue weighted by molar-refractivity contribution is 0.0704. The minimum atomic E-state index is 0.0983. The summed E-state index contributed by atoms with van der Waals surface area (Å²) in [5.74, 6) is 0.806. The van der Waals surface area contributed by atoms with E-state index in [-0.39, 0.29) is 5.91 Å². The molecule has 2 nitrogen and oxygen atoms in total. The Labute approximate surface area is 119 Å². The Morgan fingerprint density at radius 2 is 2.24 bits per heavy atom. The Kier molecular flexibility index (Phi) is 4.50. The first-order valence-corrected chi connectivity index (χ1v) is 8.10. The molecule has 0 spiro atoms. The van der Waals surface area contributed by atoms with E-state index in [2.05, 4.69) is 15.9 Å². The molecule has 0 aliphatic carbocycles. The van der Waals surface area contributed by atoms with Crippen molar-refractivity contribution in [2.24, 2.45) is 5.92 Å². The number of halogens is 2. The van der Waals surface area contributed by atoms with Gasteiger partial charge in [0.05, 0.1) is 5.02 Å². The molecule has 0 unspecified atom stereocenters. The minimum absolute atomic E-state index is 0.0983. The summed E-state index contributed by atoms with van der Waals surface area (Å²) in [7, 11) is 0. The van der Waals surface area contributed by atoms with E-state index in [9.17, 15) is 4.79 Å². The van der Waals surface area contributed by atoms with Gasteiger partial charge in [0, 0.05) is 18.4 Å². The lowest BCUT2D eigenvalue weighted by Crippen LogP contribution is -2.38. The van der Waals surface area contributed by atoms with Gasteiger partial charge in [-0.15, -0.1) is 11.3 Å². The summed E-state index contributed by atoms with van der Waals surface area (Å²) in [6.45, 7) is 3.64. The molecule has 0 saturated carbocycles. The molecule has 94 valence electrons. The van der Waals surface area contributed by atoms with E-state index in [4.69, 9.17) is 11.6 Å². The van der Waals surface area contributed by atoms with Crippen LogP contribution in [0.4, 0.5) is 0 Å². The van der Waals surface area contributed by atoms with Crippen molar-refractivity contribution in [1.29, 1.82) is 0 Å². The highest BCUT2D eigenvalue weighted by molar-refractivity contribution is 9.09. The maximum absolute atomic E-state index is 12.3. The third-order valence-corrected chi connectivity index (χ3v) is 5.81. The number of nitrogens with zero attached hydrogens (tertiary/aromatic N) is 1. The van der Waals surface area contributed by atoms with Crippen LogP contribution in [0.1, 0.15) is 28.1 Å². The summed E-state index contributed by atoms with van der Waals surface area (Å²) in [5.41, 5.74) is 0.996. The first-order valence-electron chi connectivity index (χ1n) is 5.72. The average Bonchev–Trinajstić information content (AvgIpc) is 2.69. The second-order valence-electron chi connectivity index (χ2n) is 4.45. The molecule has 1 aromatic heterocycles. The Morgan fingerprint density at radius 1 is 1.59 bits per heavy atom. The van der Waals surface area contributed by atoms with E-state index in [0.29, 0.717) is 15.8 Å². The summed E-state index contributed by atoms with van der Waals surface area (Å²) in [6, 6.07) is 0. The van der Waals surface area contributed by atoms with Crippen LogP contribution in [0.5, 0.6) is 0 Å². The first kappa shape index (κ1) is 13.4. The number of amides is 1. The lowest BCUT2D eigenvalue weighted by atomic mass is 9.99. The molecular formula is C12H15BrClNOS. The summed E-state index contributed by atoms with van der Waals surface area (Å²) >= 11 is 11.1. The minimum Gasteiger partial charge on any atom is -0.338 e. The van der Waals surface area contributed by atoms with Gasteiger partial charge in [0.25, 0.3) is 5.91 Å². The van der Waals surface area contributed by atoms with Crippen LogP contribution in [-0.4, -0.2) is 29.2 Å². The smallest absolute Gasteiger partial charge is 0.265 e. The van der Waals surface area contributed by atoms with Crippen molar-refractivity contribution in [2.45, 2.75) is 19.8 Å². The van der Waals surface area contributed by atoms with Crippen molar-refractivity contribution >= 4 is 44.8 Å². The zero-order valence-electron chi connectivity index (χ0n) is 9.71. The lowest BCUT2D eigenvalue weighted by Gasteiger charge is -2.31. The first-order chi connectivity index (χ1) is 8.13. The molecule has 2 heterocycles. The van der Waals surface area contributed by atoms with Gasteiger partial charge in [-0.3, -0.25) is 4.79 Å². The van der Waals surface area contributed by atoms with Crippen molar-refractivity contribution in [3.63, 3.8) is 0 Å². The summed E-state index contributed by atoms with van der Waals surface area (Å²) < 4.78 is 0. The average molecular weight is 337 g/mol. The van der Waals surface area contributed by atoms with Crippen molar-refractivity contribution in [1.82, 2.24) is 4.90 Å². The van der Waals surface area contributed by atoms with Gasteiger partial charge in [-0.1, -0.05) is 27.5 Å². The fraction of sp³-hybridized carbons (Fsp3) is 0.583. The van der Waals surface area contributed by atoms with E-state index in [1.54, 1.807) is 0 Å². The maximum atomic E-state index is 12.3. The zero-order valence-corrected chi connectivity index (χ0v) is 12.9. The molecule has 0 N–H and O–H groups in total. The third kappa shape index (κ3) is 2.85. The molecule has 2 rings (SSSR count). The van der Waals surface area contributed by atoms with E-state index in [1.165, 1.54) is 11.3 Å². The van der Waals surface area contributed by atoms with Crippen LogP contribution < -0.4 is 0 Å². The molecular weight excluding hydrogens is 322 g/mol. The highest BCUT2D eigenvalue weighted by Gasteiger charge is 2.25. The van der Waals surface area contributed by atoms with Gasteiger partial charge < -0.3 is 4.90 Å². The number of alkyl halides is 1. The third-order valence-electron chi connectivity index (χ3n) is 3.21. The summed E-state index contributed by atoms with van der Waals surface area (Å²) in [5, 5.41) is 3.61. The zero-order chi connectivity index (χ0) is 12.4.